The maximum Gasteiger partial charge on any atom is 0.0608 e. The molecule has 1 aliphatic carbocycles. The number of hydrogen-bond donors (Lipinski definition) is 1. The molecule has 1 heteroatoms. The highest BCUT2D eigenvalue weighted by Crippen LogP contribution is 2.57. The van der Waals surface area contributed by atoms with Gasteiger partial charge in [-0.25, -0.2) is 0 Å². The molecule has 1 fully saturated rings. The lowest BCUT2D eigenvalue weighted by atomic mass is 9.53. The smallest absolute Gasteiger partial charge is 0.0608 e. The van der Waals surface area contributed by atoms with E-state index in [1.165, 1.54) is 11.1 Å². The number of aliphatic hydroxyl groups excluding tert-OH is 1. The Morgan fingerprint density at radius 2 is 1.88 bits per heavy atom. The molecule has 1 nitrogen and oxygen atoms in total. The maximum absolute atomic E-state index is 10.1. The molecule has 0 amide bonds. The molecule has 0 aromatic heterocycles. The summed E-state index contributed by atoms with van der Waals surface area (Å²) >= 11 is 0. The number of hydrogen-bond acceptors (Lipinski definition) is 1. The predicted molar refractivity (Wildman–Crippen MR) is 67.6 cm³/mol. The molecule has 1 saturated carbocycles. The van der Waals surface area contributed by atoms with Crippen molar-refractivity contribution in [3.8, 4) is 0 Å². The number of rotatable bonds is 3. The van der Waals surface area contributed by atoms with Crippen molar-refractivity contribution in [3.05, 3.63) is 35.4 Å². The van der Waals surface area contributed by atoms with E-state index in [-0.39, 0.29) is 11.5 Å². The van der Waals surface area contributed by atoms with Gasteiger partial charge in [-0.3, -0.25) is 0 Å². The molecular weight excluding hydrogens is 196 g/mol. The lowest BCUT2D eigenvalue weighted by molar-refractivity contribution is -0.0933. The van der Waals surface area contributed by atoms with E-state index in [2.05, 4.69) is 45.0 Å². The summed E-state index contributed by atoms with van der Waals surface area (Å²) in [4.78, 5) is 0. The molecule has 1 aromatic rings. The van der Waals surface area contributed by atoms with Gasteiger partial charge >= 0.3 is 0 Å². The Balaban J connectivity index is 2.33. The molecule has 0 heterocycles. The van der Waals surface area contributed by atoms with Gasteiger partial charge in [0.1, 0.15) is 0 Å². The average molecular weight is 218 g/mol. The van der Waals surface area contributed by atoms with Crippen molar-refractivity contribution in [2.24, 2.45) is 5.41 Å². The molecule has 2 unspecified atom stereocenters. The normalized spacial score (nSPS) is 27.5. The Morgan fingerprint density at radius 3 is 2.38 bits per heavy atom. The Labute approximate surface area is 98.5 Å². The van der Waals surface area contributed by atoms with Crippen molar-refractivity contribution >= 4 is 0 Å². The predicted octanol–water partition coefficient (Wildman–Crippen LogP) is 3.65. The summed E-state index contributed by atoms with van der Waals surface area (Å²) in [5.74, 6) is 0.554. The van der Waals surface area contributed by atoms with Crippen LogP contribution in [-0.2, 0) is 0 Å². The van der Waals surface area contributed by atoms with Crippen LogP contribution in [0, 0.1) is 12.3 Å². The van der Waals surface area contributed by atoms with Gasteiger partial charge in [0.2, 0.25) is 0 Å². The number of benzene rings is 1. The average Bonchev–Trinajstić information content (AvgIpc) is 2.29. The standard InChI is InChI=1S/C15H22O/c1-4-15(5-2)13(10-14(15)16)12-9-7-6-8-11(12)3/h6-9,13-14,16H,4-5,10H2,1-3H3. The van der Waals surface area contributed by atoms with Crippen LogP contribution in [-0.4, -0.2) is 11.2 Å². The Hall–Kier alpha value is -0.820. The molecule has 0 bridgehead atoms. The van der Waals surface area contributed by atoms with E-state index < -0.39 is 0 Å². The molecule has 2 atom stereocenters. The fraction of sp³-hybridized carbons (Fsp3) is 0.600. The van der Waals surface area contributed by atoms with E-state index in [9.17, 15) is 5.11 Å². The first kappa shape index (κ1) is 11.7. The van der Waals surface area contributed by atoms with E-state index in [1.54, 1.807) is 0 Å². The third kappa shape index (κ3) is 1.49. The summed E-state index contributed by atoms with van der Waals surface area (Å²) in [6, 6.07) is 8.61. The van der Waals surface area contributed by atoms with Crippen LogP contribution in [0.4, 0.5) is 0 Å². The fourth-order valence-corrected chi connectivity index (χ4v) is 3.39. The summed E-state index contributed by atoms with van der Waals surface area (Å²) in [6.45, 7) is 6.59. The molecule has 0 aliphatic heterocycles. The quantitative estimate of drug-likeness (QED) is 0.821. The molecule has 1 aliphatic rings. The zero-order chi connectivity index (χ0) is 11.8. The van der Waals surface area contributed by atoms with Gasteiger partial charge in [0.15, 0.2) is 0 Å². The molecule has 1 aromatic carbocycles. The maximum atomic E-state index is 10.1. The zero-order valence-corrected chi connectivity index (χ0v) is 10.5. The van der Waals surface area contributed by atoms with Crippen LogP contribution in [0.2, 0.25) is 0 Å². The van der Waals surface area contributed by atoms with Crippen LogP contribution in [0.5, 0.6) is 0 Å². The highest BCUT2D eigenvalue weighted by molar-refractivity contribution is 5.34. The molecule has 0 saturated heterocycles. The lowest BCUT2D eigenvalue weighted by Gasteiger charge is -2.54. The van der Waals surface area contributed by atoms with Gasteiger partial charge in [0.25, 0.3) is 0 Å². The summed E-state index contributed by atoms with van der Waals surface area (Å²) in [7, 11) is 0. The van der Waals surface area contributed by atoms with Crippen molar-refractivity contribution in [1.29, 1.82) is 0 Å². The van der Waals surface area contributed by atoms with Gasteiger partial charge in [-0.2, -0.15) is 0 Å². The second-order valence-corrected chi connectivity index (χ2v) is 5.10. The first-order valence-corrected chi connectivity index (χ1v) is 6.39. The van der Waals surface area contributed by atoms with Crippen LogP contribution in [0.25, 0.3) is 0 Å². The first-order valence-electron chi connectivity index (χ1n) is 6.39. The Bertz CT molecular complexity index is 365. The molecule has 0 radical (unpaired) electrons. The summed E-state index contributed by atoms with van der Waals surface area (Å²) in [5, 5.41) is 10.1. The van der Waals surface area contributed by atoms with Crippen molar-refractivity contribution in [2.75, 3.05) is 0 Å². The topological polar surface area (TPSA) is 20.2 Å². The zero-order valence-electron chi connectivity index (χ0n) is 10.5. The second kappa shape index (κ2) is 4.21. The largest absolute Gasteiger partial charge is 0.393 e. The third-order valence-electron chi connectivity index (χ3n) is 4.70. The monoisotopic (exact) mass is 218 g/mol. The van der Waals surface area contributed by atoms with Crippen LogP contribution < -0.4 is 0 Å². The van der Waals surface area contributed by atoms with Gasteiger partial charge < -0.3 is 5.11 Å². The molecule has 2 rings (SSSR count). The summed E-state index contributed by atoms with van der Waals surface area (Å²) in [6.07, 6.45) is 2.98. The van der Waals surface area contributed by atoms with Crippen molar-refractivity contribution in [1.82, 2.24) is 0 Å². The van der Waals surface area contributed by atoms with Gasteiger partial charge in [0, 0.05) is 5.41 Å². The highest BCUT2D eigenvalue weighted by atomic mass is 16.3. The molecule has 88 valence electrons. The molecular formula is C15H22O. The van der Waals surface area contributed by atoms with Crippen molar-refractivity contribution < 1.29 is 5.11 Å². The summed E-state index contributed by atoms with van der Waals surface area (Å²) < 4.78 is 0. The van der Waals surface area contributed by atoms with E-state index in [4.69, 9.17) is 0 Å². The van der Waals surface area contributed by atoms with Crippen LogP contribution in [0.1, 0.15) is 50.2 Å². The van der Waals surface area contributed by atoms with Crippen LogP contribution >= 0.6 is 0 Å². The van der Waals surface area contributed by atoms with Crippen LogP contribution in [0.3, 0.4) is 0 Å². The van der Waals surface area contributed by atoms with Crippen molar-refractivity contribution in [2.45, 2.75) is 52.1 Å². The Morgan fingerprint density at radius 1 is 1.25 bits per heavy atom. The van der Waals surface area contributed by atoms with E-state index in [0.29, 0.717) is 5.92 Å². The highest BCUT2D eigenvalue weighted by Gasteiger charge is 2.52. The molecule has 1 N–H and O–H groups in total. The van der Waals surface area contributed by atoms with Gasteiger partial charge in [-0.15, -0.1) is 0 Å². The third-order valence-corrected chi connectivity index (χ3v) is 4.70. The lowest BCUT2D eigenvalue weighted by Crippen LogP contribution is -2.51. The van der Waals surface area contributed by atoms with Gasteiger partial charge in [-0.05, 0) is 43.2 Å². The van der Waals surface area contributed by atoms with E-state index in [1.807, 2.05) is 0 Å². The minimum absolute atomic E-state index is 0.105. The number of aryl methyl sites for hydroxylation is 1. The molecule has 16 heavy (non-hydrogen) atoms. The van der Waals surface area contributed by atoms with Crippen LogP contribution in [0.15, 0.2) is 24.3 Å². The second-order valence-electron chi connectivity index (χ2n) is 5.10. The Kier molecular flexibility index (Phi) is 3.07. The number of aliphatic hydroxyl groups is 1. The van der Waals surface area contributed by atoms with E-state index in [0.717, 1.165) is 19.3 Å². The van der Waals surface area contributed by atoms with E-state index >= 15 is 0 Å². The van der Waals surface area contributed by atoms with Gasteiger partial charge in [-0.1, -0.05) is 38.1 Å². The fourth-order valence-electron chi connectivity index (χ4n) is 3.39. The van der Waals surface area contributed by atoms with Gasteiger partial charge in [0.05, 0.1) is 6.10 Å². The van der Waals surface area contributed by atoms with Crippen molar-refractivity contribution in [3.63, 3.8) is 0 Å². The minimum Gasteiger partial charge on any atom is -0.393 e. The SMILES string of the molecule is CCC1(CC)C(O)CC1c1ccccc1C. The first-order chi connectivity index (χ1) is 7.65. The molecule has 0 spiro atoms. The summed E-state index contributed by atoms with van der Waals surface area (Å²) in [5.41, 5.74) is 2.94. The minimum atomic E-state index is -0.105.